The summed E-state index contributed by atoms with van der Waals surface area (Å²) in [4.78, 5) is 9.65. The summed E-state index contributed by atoms with van der Waals surface area (Å²) >= 11 is 0. The van der Waals surface area contributed by atoms with Crippen LogP contribution in [-0.4, -0.2) is 11.6 Å². The van der Waals surface area contributed by atoms with Crippen LogP contribution in [0, 0.1) is 29.6 Å². The fraction of sp³-hybridized carbons (Fsp3) is 0.739. The first-order valence-electron chi connectivity index (χ1n) is 10.5. The average molecular weight is 391 g/mol. The Morgan fingerprint density at radius 3 is 2.48 bits per heavy atom. The van der Waals surface area contributed by atoms with E-state index in [9.17, 15) is 9.46 Å². The molecule has 0 heterocycles. The van der Waals surface area contributed by atoms with Gasteiger partial charge in [0.25, 0.3) is 0 Å². The number of hydrogen-bond donors (Lipinski definition) is 1. The third-order valence-electron chi connectivity index (χ3n) is 8.45. The summed E-state index contributed by atoms with van der Waals surface area (Å²) in [5, 5.41) is 0. The van der Waals surface area contributed by atoms with Gasteiger partial charge in [-0.15, -0.1) is 0 Å². The highest BCUT2D eigenvalue weighted by Gasteiger charge is 2.61. The Labute approximate surface area is 164 Å². The second-order valence-corrected chi connectivity index (χ2v) is 12.6. The van der Waals surface area contributed by atoms with Gasteiger partial charge in [-0.05, 0) is 95.9 Å². The van der Waals surface area contributed by atoms with Crippen LogP contribution in [0.15, 0.2) is 12.1 Å². The molecule has 0 spiro atoms. The molecule has 1 unspecified atom stereocenters. The third-order valence-corrected chi connectivity index (χ3v) is 9.00. The average Bonchev–Trinajstić information content (AvgIpc) is 2.79. The molecule has 0 radical (unpaired) electrons. The van der Waals surface area contributed by atoms with Gasteiger partial charge >= 0.3 is 7.60 Å². The van der Waals surface area contributed by atoms with Crippen LogP contribution in [-0.2, 0) is 16.4 Å². The van der Waals surface area contributed by atoms with Crippen LogP contribution in [0.4, 0.5) is 0 Å². The van der Waals surface area contributed by atoms with E-state index < -0.39 is 7.60 Å². The molecule has 0 amide bonds. The lowest BCUT2D eigenvalue weighted by atomic mass is 9.43. The first-order chi connectivity index (χ1) is 12.4. The maximum atomic E-state index is 11.8. The number of benzene rings is 1. The summed E-state index contributed by atoms with van der Waals surface area (Å²) in [6, 6.07) is 4.02. The minimum Gasteiger partial charge on any atom is -0.425 e. The van der Waals surface area contributed by atoms with Gasteiger partial charge in [0.1, 0.15) is 5.75 Å². The number of aryl methyl sites for hydroxylation is 1. The first kappa shape index (κ1) is 19.5. The van der Waals surface area contributed by atoms with Gasteiger partial charge in [-0.1, -0.05) is 34.1 Å². The van der Waals surface area contributed by atoms with Crippen LogP contribution in [0.5, 0.6) is 5.75 Å². The summed E-state index contributed by atoms with van der Waals surface area (Å²) < 4.78 is 17.1. The van der Waals surface area contributed by atoms with Gasteiger partial charge in [0.2, 0.25) is 0 Å². The monoisotopic (exact) mass is 390 g/mol. The van der Waals surface area contributed by atoms with E-state index in [1.54, 1.807) is 0 Å². The summed E-state index contributed by atoms with van der Waals surface area (Å²) in [7, 11) is -3.54. The first-order valence-corrected chi connectivity index (χ1v) is 12.5. The fourth-order valence-corrected chi connectivity index (χ4v) is 8.17. The summed E-state index contributed by atoms with van der Waals surface area (Å²) in [5.74, 6) is 1.98. The van der Waals surface area contributed by atoms with Crippen LogP contribution < -0.4 is 4.52 Å². The Morgan fingerprint density at radius 1 is 1.11 bits per heavy atom. The minimum atomic E-state index is -3.54. The molecule has 4 rings (SSSR count). The van der Waals surface area contributed by atoms with Crippen molar-refractivity contribution in [3.05, 3.63) is 28.8 Å². The Hall–Kier alpha value is -0.790. The summed E-state index contributed by atoms with van der Waals surface area (Å²) in [5.41, 5.74) is 5.07. The molecular formula is C23H35O3P. The zero-order valence-electron chi connectivity index (χ0n) is 17.8. The van der Waals surface area contributed by atoms with Gasteiger partial charge in [-0.2, -0.15) is 0 Å². The molecule has 0 aromatic heterocycles. The van der Waals surface area contributed by atoms with Crippen molar-refractivity contribution < 1.29 is 14.0 Å². The Kier molecular flexibility index (Phi) is 4.24. The van der Waals surface area contributed by atoms with E-state index in [4.69, 9.17) is 4.52 Å². The van der Waals surface area contributed by atoms with E-state index in [0.717, 1.165) is 12.3 Å². The van der Waals surface area contributed by atoms with Gasteiger partial charge in [0.05, 0.1) is 0 Å². The van der Waals surface area contributed by atoms with Crippen molar-refractivity contribution in [2.75, 3.05) is 6.66 Å². The lowest BCUT2D eigenvalue weighted by Gasteiger charge is -2.61. The molecule has 27 heavy (non-hydrogen) atoms. The van der Waals surface area contributed by atoms with E-state index >= 15 is 0 Å². The van der Waals surface area contributed by atoms with Crippen molar-refractivity contribution in [2.45, 2.75) is 78.6 Å². The van der Waals surface area contributed by atoms with Crippen LogP contribution in [0.25, 0.3) is 0 Å². The molecule has 5 atom stereocenters. The molecule has 1 aromatic carbocycles. The largest absolute Gasteiger partial charge is 0.425 e. The highest BCUT2D eigenvalue weighted by molar-refractivity contribution is 7.52. The van der Waals surface area contributed by atoms with Gasteiger partial charge in [-0.3, -0.25) is 0 Å². The van der Waals surface area contributed by atoms with Crippen LogP contribution in [0.3, 0.4) is 0 Å². The zero-order chi connectivity index (χ0) is 19.8. The predicted octanol–water partition coefficient (Wildman–Crippen LogP) is 6.25. The minimum absolute atomic E-state index is 0.214. The van der Waals surface area contributed by atoms with E-state index in [1.807, 2.05) is 12.1 Å². The molecule has 3 aliphatic carbocycles. The van der Waals surface area contributed by atoms with Crippen LogP contribution in [0.1, 0.15) is 76.5 Å². The van der Waals surface area contributed by atoms with Crippen LogP contribution in [0.2, 0.25) is 0 Å². The molecule has 1 aromatic rings. The van der Waals surface area contributed by atoms with Crippen molar-refractivity contribution in [3.8, 4) is 5.75 Å². The second kappa shape index (κ2) is 5.86. The highest BCUT2D eigenvalue weighted by atomic mass is 31.2. The predicted molar refractivity (Wildman–Crippen MR) is 111 cm³/mol. The highest BCUT2D eigenvalue weighted by Crippen LogP contribution is 2.68. The molecule has 150 valence electrons. The van der Waals surface area contributed by atoms with E-state index in [2.05, 4.69) is 34.6 Å². The van der Waals surface area contributed by atoms with E-state index in [1.165, 1.54) is 55.5 Å². The molecule has 4 heteroatoms. The number of hydrogen-bond acceptors (Lipinski definition) is 2. The lowest BCUT2D eigenvalue weighted by Crippen LogP contribution is -2.55. The molecule has 3 nitrogen and oxygen atoms in total. The molecule has 0 saturated heterocycles. The molecule has 1 N–H and O–H groups in total. The molecule has 2 fully saturated rings. The quantitative estimate of drug-likeness (QED) is 0.608. The van der Waals surface area contributed by atoms with Gasteiger partial charge in [0.15, 0.2) is 0 Å². The van der Waals surface area contributed by atoms with Crippen molar-refractivity contribution in [1.29, 1.82) is 0 Å². The SMILES string of the molecule is Cc1cc(OP(C)(=O)O)cc2c1[C@@]1(C)CC[C@H]3C(C)(C)CCC[C@]3(C)[C@H]1C2. The molecule has 3 aliphatic rings. The Balaban J connectivity index is 1.77. The molecular weight excluding hydrogens is 355 g/mol. The number of rotatable bonds is 2. The standard InChI is InChI=1S/C23H35O3P/c1-15-12-17(26-27(6,24)25)13-16-14-19-22(4)10-7-9-21(2,3)18(22)8-11-23(19,5)20(15)16/h12-13,18-19H,7-11,14H2,1-6H3,(H,24,25)/t18-,19+,22-,23-/m0/s1. The molecule has 2 saturated carbocycles. The molecule has 0 aliphatic heterocycles. The van der Waals surface area contributed by atoms with E-state index in [0.29, 0.717) is 22.5 Å². The second-order valence-electron chi connectivity index (χ2n) is 10.8. The van der Waals surface area contributed by atoms with Crippen molar-refractivity contribution >= 4 is 7.60 Å². The lowest BCUT2D eigenvalue weighted by molar-refractivity contribution is -0.0983. The van der Waals surface area contributed by atoms with Crippen molar-refractivity contribution in [2.24, 2.45) is 22.7 Å². The fourth-order valence-electron chi connectivity index (χ4n) is 7.68. The topological polar surface area (TPSA) is 46.5 Å². The zero-order valence-corrected chi connectivity index (χ0v) is 18.7. The Bertz CT molecular complexity index is 823. The number of fused-ring (bicyclic) bond motifs is 5. The maximum Gasteiger partial charge on any atom is 0.373 e. The summed E-state index contributed by atoms with van der Waals surface area (Å²) in [6.07, 6.45) is 7.66. The van der Waals surface area contributed by atoms with Crippen molar-refractivity contribution in [3.63, 3.8) is 0 Å². The van der Waals surface area contributed by atoms with E-state index in [-0.39, 0.29) is 5.41 Å². The third kappa shape index (κ3) is 2.92. The van der Waals surface area contributed by atoms with Crippen molar-refractivity contribution in [1.82, 2.24) is 0 Å². The normalized spacial score (nSPS) is 39.1. The summed E-state index contributed by atoms with van der Waals surface area (Å²) in [6.45, 7) is 13.4. The van der Waals surface area contributed by atoms with Gasteiger partial charge in [0, 0.05) is 6.66 Å². The maximum absolute atomic E-state index is 11.8. The van der Waals surface area contributed by atoms with Gasteiger partial charge < -0.3 is 9.42 Å². The Morgan fingerprint density at radius 2 is 1.81 bits per heavy atom. The van der Waals surface area contributed by atoms with Gasteiger partial charge in [-0.25, -0.2) is 4.57 Å². The molecule has 0 bridgehead atoms. The smallest absolute Gasteiger partial charge is 0.373 e. The van der Waals surface area contributed by atoms with Crippen LogP contribution >= 0.6 is 7.60 Å².